The Morgan fingerprint density at radius 1 is 1.21 bits per heavy atom. The lowest BCUT2D eigenvalue weighted by Gasteiger charge is -2.22. The normalized spacial score (nSPS) is 19.3. The van der Waals surface area contributed by atoms with E-state index in [4.69, 9.17) is 9.72 Å². The SMILES string of the molecule is CCn1c(-c2cnc(C)nc2)nc2c(OC3CCNC3CCN(C)C)ncnc21. The predicted octanol–water partition coefficient (Wildman–Crippen LogP) is 1.67. The molecule has 9 heteroatoms. The Morgan fingerprint density at radius 3 is 2.72 bits per heavy atom. The molecule has 154 valence electrons. The number of aromatic nitrogens is 6. The van der Waals surface area contributed by atoms with Gasteiger partial charge in [0.1, 0.15) is 24.1 Å². The lowest BCUT2D eigenvalue weighted by molar-refractivity contribution is 0.170. The van der Waals surface area contributed by atoms with Crippen LogP contribution in [0.1, 0.15) is 25.6 Å². The molecule has 0 bridgehead atoms. The topological polar surface area (TPSA) is 93.9 Å². The molecule has 0 radical (unpaired) electrons. The molecule has 3 aromatic rings. The molecule has 2 unspecified atom stereocenters. The van der Waals surface area contributed by atoms with E-state index < -0.39 is 0 Å². The second-order valence-electron chi connectivity index (χ2n) is 7.65. The second-order valence-corrected chi connectivity index (χ2v) is 7.65. The Kier molecular flexibility index (Phi) is 5.68. The zero-order chi connectivity index (χ0) is 20.4. The fraction of sp³-hybridized carbons (Fsp3) is 0.550. The zero-order valence-corrected chi connectivity index (χ0v) is 17.5. The molecule has 2 atom stereocenters. The van der Waals surface area contributed by atoms with Crippen molar-refractivity contribution in [1.29, 1.82) is 0 Å². The molecular formula is C20H28N8O. The summed E-state index contributed by atoms with van der Waals surface area (Å²) < 4.78 is 8.41. The molecule has 0 aliphatic carbocycles. The Bertz CT molecular complexity index is 969. The van der Waals surface area contributed by atoms with Gasteiger partial charge in [-0.05, 0) is 53.9 Å². The van der Waals surface area contributed by atoms with Crippen LogP contribution in [0.15, 0.2) is 18.7 Å². The molecule has 3 aromatic heterocycles. The highest BCUT2D eigenvalue weighted by molar-refractivity contribution is 5.81. The van der Waals surface area contributed by atoms with Gasteiger partial charge in [-0.15, -0.1) is 0 Å². The van der Waals surface area contributed by atoms with Crippen LogP contribution in [0.4, 0.5) is 0 Å². The first kappa shape index (κ1) is 19.7. The molecule has 0 saturated carbocycles. The number of hydrogen-bond donors (Lipinski definition) is 1. The minimum absolute atomic E-state index is 0.0750. The van der Waals surface area contributed by atoms with Crippen molar-refractivity contribution < 1.29 is 4.74 Å². The summed E-state index contributed by atoms with van der Waals surface area (Å²) in [6.07, 6.45) is 7.20. The summed E-state index contributed by atoms with van der Waals surface area (Å²) in [6.45, 7) is 6.63. The van der Waals surface area contributed by atoms with E-state index in [2.05, 4.69) is 51.2 Å². The number of aryl methyl sites for hydroxylation is 2. The average Bonchev–Trinajstić information content (AvgIpc) is 3.31. The van der Waals surface area contributed by atoms with Gasteiger partial charge in [0.25, 0.3) is 0 Å². The number of fused-ring (bicyclic) bond motifs is 1. The predicted molar refractivity (Wildman–Crippen MR) is 111 cm³/mol. The molecule has 0 amide bonds. The van der Waals surface area contributed by atoms with Crippen LogP contribution < -0.4 is 10.1 Å². The van der Waals surface area contributed by atoms with Gasteiger partial charge in [-0.2, -0.15) is 4.98 Å². The summed E-state index contributed by atoms with van der Waals surface area (Å²) in [5.74, 6) is 2.05. The summed E-state index contributed by atoms with van der Waals surface area (Å²) in [5.41, 5.74) is 2.31. The van der Waals surface area contributed by atoms with E-state index in [1.165, 1.54) is 0 Å². The monoisotopic (exact) mass is 396 g/mol. The zero-order valence-electron chi connectivity index (χ0n) is 17.5. The van der Waals surface area contributed by atoms with Crippen molar-refractivity contribution in [2.24, 2.45) is 0 Å². The van der Waals surface area contributed by atoms with Gasteiger partial charge in [-0.1, -0.05) is 0 Å². The highest BCUT2D eigenvalue weighted by Crippen LogP contribution is 2.29. The smallest absolute Gasteiger partial charge is 0.245 e. The first-order chi connectivity index (χ1) is 14.1. The van der Waals surface area contributed by atoms with Gasteiger partial charge >= 0.3 is 0 Å². The summed E-state index contributed by atoms with van der Waals surface area (Å²) in [7, 11) is 4.18. The van der Waals surface area contributed by atoms with Crippen molar-refractivity contribution in [2.45, 2.75) is 45.4 Å². The molecule has 0 spiro atoms. The second kappa shape index (κ2) is 8.38. The third kappa shape index (κ3) is 4.06. The number of hydrogen-bond acceptors (Lipinski definition) is 8. The van der Waals surface area contributed by atoms with Crippen LogP contribution >= 0.6 is 0 Å². The maximum atomic E-state index is 6.36. The first-order valence-electron chi connectivity index (χ1n) is 10.1. The summed E-state index contributed by atoms with van der Waals surface area (Å²) >= 11 is 0. The van der Waals surface area contributed by atoms with Crippen LogP contribution in [-0.4, -0.2) is 73.7 Å². The number of rotatable bonds is 7. The minimum atomic E-state index is 0.0750. The van der Waals surface area contributed by atoms with Crippen LogP contribution in [0.5, 0.6) is 5.88 Å². The quantitative estimate of drug-likeness (QED) is 0.645. The van der Waals surface area contributed by atoms with Crippen molar-refractivity contribution in [3.05, 3.63) is 24.5 Å². The van der Waals surface area contributed by atoms with E-state index >= 15 is 0 Å². The van der Waals surface area contributed by atoms with Crippen LogP contribution in [0.2, 0.25) is 0 Å². The lowest BCUT2D eigenvalue weighted by atomic mass is 10.1. The van der Waals surface area contributed by atoms with Crippen molar-refractivity contribution in [3.8, 4) is 17.3 Å². The molecule has 1 saturated heterocycles. The van der Waals surface area contributed by atoms with Gasteiger partial charge in [0.15, 0.2) is 11.2 Å². The molecule has 1 aliphatic rings. The highest BCUT2D eigenvalue weighted by Gasteiger charge is 2.30. The molecule has 9 nitrogen and oxygen atoms in total. The number of nitrogens with zero attached hydrogens (tertiary/aromatic N) is 7. The minimum Gasteiger partial charge on any atom is -0.471 e. The summed E-state index contributed by atoms with van der Waals surface area (Å²) in [6, 6.07) is 0.306. The van der Waals surface area contributed by atoms with Crippen LogP contribution in [-0.2, 0) is 6.54 Å². The number of ether oxygens (including phenoxy) is 1. The molecule has 4 rings (SSSR count). The van der Waals surface area contributed by atoms with Crippen LogP contribution in [0.25, 0.3) is 22.6 Å². The standard InChI is InChI=1S/C20H28N8O/c1-5-28-18(14-10-22-13(2)23-11-14)26-17-19(28)24-12-25-20(17)29-16-6-8-21-15(16)7-9-27(3)4/h10-12,15-16,21H,5-9H2,1-4H3. The van der Waals surface area contributed by atoms with E-state index in [0.29, 0.717) is 17.4 Å². The van der Waals surface area contributed by atoms with E-state index in [-0.39, 0.29) is 6.10 Å². The van der Waals surface area contributed by atoms with Gasteiger partial charge in [-0.3, -0.25) is 0 Å². The van der Waals surface area contributed by atoms with Gasteiger partial charge in [-0.25, -0.2) is 19.9 Å². The Labute approximate surface area is 170 Å². The number of nitrogens with one attached hydrogen (secondary N) is 1. The molecule has 0 aromatic carbocycles. The Hall–Kier alpha value is -2.65. The molecule has 4 heterocycles. The van der Waals surface area contributed by atoms with Gasteiger partial charge < -0.3 is 19.5 Å². The third-order valence-corrected chi connectivity index (χ3v) is 5.29. The van der Waals surface area contributed by atoms with Gasteiger partial charge in [0.05, 0.1) is 5.56 Å². The molecular weight excluding hydrogens is 368 g/mol. The fourth-order valence-corrected chi connectivity index (χ4v) is 3.74. The van der Waals surface area contributed by atoms with Crippen LogP contribution in [0, 0.1) is 6.92 Å². The van der Waals surface area contributed by atoms with Crippen molar-refractivity contribution >= 4 is 11.2 Å². The largest absolute Gasteiger partial charge is 0.471 e. The third-order valence-electron chi connectivity index (χ3n) is 5.29. The molecule has 1 aliphatic heterocycles. The Morgan fingerprint density at radius 2 is 2.00 bits per heavy atom. The first-order valence-corrected chi connectivity index (χ1v) is 10.1. The maximum Gasteiger partial charge on any atom is 0.245 e. The lowest BCUT2D eigenvalue weighted by Crippen LogP contribution is -2.36. The van der Waals surface area contributed by atoms with E-state index in [1.54, 1.807) is 18.7 Å². The summed E-state index contributed by atoms with van der Waals surface area (Å²) in [5, 5.41) is 3.55. The molecule has 1 N–H and O–H groups in total. The van der Waals surface area contributed by atoms with Crippen LogP contribution in [0.3, 0.4) is 0 Å². The van der Waals surface area contributed by atoms with Crippen molar-refractivity contribution in [1.82, 2.24) is 39.7 Å². The average molecular weight is 396 g/mol. The Balaban J connectivity index is 1.66. The van der Waals surface area contributed by atoms with E-state index in [0.717, 1.165) is 55.3 Å². The fourth-order valence-electron chi connectivity index (χ4n) is 3.74. The van der Waals surface area contributed by atoms with Crippen molar-refractivity contribution in [2.75, 3.05) is 27.2 Å². The molecule has 29 heavy (non-hydrogen) atoms. The molecule has 1 fully saturated rings. The highest BCUT2D eigenvalue weighted by atomic mass is 16.5. The number of imidazole rings is 1. The summed E-state index contributed by atoms with van der Waals surface area (Å²) in [4.78, 5) is 24.5. The van der Waals surface area contributed by atoms with E-state index in [1.807, 2.05) is 11.5 Å². The van der Waals surface area contributed by atoms with Crippen molar-refractivity contribution in [3.63, 3.8) is 0 Å². The van der Waals surface area contributed by atoms with E-state index in [9.17, 15) is 0 Å². The maximum absolute atomic E-state index is 6.36. The van der Waals surface area contributed by atoms with Gasteiger partial charge in [0.2, 0.25) is 5.88 Å². The van der Waals surface area contributed by atoms with Gasteiger partial charge in [0, 0.05) is 25.0 Å².